The minimum Gasteiger partial charge on any atom is -0.480 e. The van der Waals surface area contributed by atoms with Crippen LogP contribution in [0, 0.1) is 20.2 Å². The zero-order valence-electron chi connectivity index (χ0n) is 26.8. The van der Waals surface area contributed by atoms with Crippen LogP contribution < -0.4 is 0 Å². The summed E-state index contributed by atoms with van der Waals surface area (Å²) in [6, 6.07) is 11.3. The van der Waals surface area contributed by atoms with Gasteiger partial charge in [0.25, 0.3) is 11.4 Å². The molecule has 0 fully saturated rings. The Balaban J connectivity index is 1.75. The predicted molar refractivity (Wildman–Crippen MR) is 175 cm³/mol. The van der Waals surface area contributed by atoms with Crippen LogP contribution >= 0.6 is 0 Å². The van der Waals surface area contributed by atoms with Crippen LogP contribution in [-0.2, 0) is 38.7 Å². The Bertz CT molecular complexity index is 1890. The van der Waals surface area contributed by atoms with Crippen LogP contribution in [0.1, 0.15) is 11.1 Å². The third-order valence-electron chi connectivity index (χ3n) is 7.55. The van der Waals surface area contributed by atoms with Gasteiger partial charge in [0.05, 0.1) is 66.7 Å². The van der Waals surface area contributed by atoms with Crippen molar-refractivity contribution < 1.29 is 49.5 Å². The maximum Gasteiger partial charge on any atom is 0.317 e. The Morgan fingerprint density at radius 1 is 0.667 bits per heavy atom. The third-order valence-corrected chi connectivity index (χ3v) is 7.55. The van der Waals surface area contributed by atoms with Crippen molar-refractivity contribution in [1.82, 2.24) is 29.4 Å². The summed E-state index contributed by atoms with van der Waals surface area (Å²) in [5.41, 5.74) is 2.78. The molecular formula is C31H32N8O12. The number of aliphatic carboxylic acids is 4. The number of nitrogens with zero attached hydrogens (tertiary/aromatic N) is 8. The van der Waals surface area contributed by atoms with E-state index >= 15 is 0 Å². The maximum atomic E-state index is 11.4. The monoisotopic (exact) mass is 708 g/mol. The summed E-state index contributed by atoms with van der Waals surface area (Å²) < 4.78 is 3.02. The number of nitro groups is 2. The first kappa shape index (κ1) is 37.3. The van der Waals surface area contributed by atoms with Gasteiger partial charge in [-0.15, -0.1) is 0 Å². The fourth-order valence-corrected chi connectivity index (χ4v) is 5.37. The summed E-state index contributed by atoms with van der Waals surface area (Å²) in [7, 11) is 0. The van der Waals surface area contributed by atoms with E-state index in [-0.39, 0.29) is 44.0 Å². The minimum absolute atomic E-state index is 0.00852. The van der Waals surface area contributed by atoms with Crippen LogP contribution in [0.3, 0.4) is 0 Å². The molecule has 0 radical (unpaired) electrons. The molecule has 4 N–H and O–H groups in total. The van der Waals surface area contributed by atoms with E-state index in [4.69, 9.17) is 0 Å². The number of carbonyl (C=O) groups is 4. The van der Waals surface area contributed by atoms with Gasteiger partial charge in [-0.1, -0.05) is 0 Å². The molecule has 2 heterocycles. The summed E-state index contributed by atoms with van der Waals surface area (Å²) >= 11 is 0. The second kappa shape index (κ2) is 16.7. The SMILES string of the molecule is O=C(O)CN(CCn1cc(Cc2cnn(CCN(CC(=O)O)CC(=O)O)c2-c2ccc([N+](=O)[O-])cc2)c(-c2ccc([N+](=O)[O-])cc2)n1)CC(=O)O. The molecule has 0 aliphatic carbocycles. The molecular weight excluding hydrogens is 676 g/mol. The predicted octanol–water partition coefficient (Wildman–Crippen LogP) is 1.76. The molecule has 51 heavy (non-hydrogen) atoms. The van der Waals surface area contributed by atoms with Gasteiger partial charge in [0.15, 0.2) is 0 Å². The lowest BCUT2D eigenvalue weighted by Gasteiger charge is -2.19. The first-order valence-corrected chi connectivity index (χ1v) is 15.1. The van der Waals surface area contributed by atoms with Crippen LogP contribution in [0.5, 0.6) is 0 Å². The molecule has 0 saturated carbocycles. The van der Waals surface area contributed by atoms with Crippen LogP contribution in [0.25, 0.3) is 22.5 Å². The van der Waals surface area contributed by atoms with Crippen molar-refractivity contribution in [2.24, 2.45) is 0 Å². The Hall–Kier alpha value is -6.54. The van der Waals surface area contributed by atoms with Gasteiger partial charge in [-0.25, -0.2) is 0 Å². The van der Waals surface area contributed by atoms with Crippen LogP contribution in [0.15, 0.2) is 60.9 Å². The summed E-state index contributed by atoms with van der Waals surface area (Å²) in [5, 5.41) is 68.7. The zero-order valence-corrected chi connectivity index (χ0v) is 26.8. The molecule has 0 saturated heterocycles. The molecule has 0 atom stereocenters. The van der Waals surface area contributed by atoms with Gasteiger partial charge in [0, 0.05) is 72.2 Å². The van der Waals surface area contributed by atoms with Crippen LogP contribution in [-0.4, -0.2) is 123 Å². The van der Waals surface area contributed by atoms with E-state index in [2.05, 4.69) is 10.2 Å². The van der Waals surface area contributed by atoms with Crippen LogP contribution in [0.2, 0.25) is 0 Å². The number of aromatic nitrogens is 4. The maximum absolute atomic E-state index is 11.4. The molecule has 0 aliphatic heterocycles. The fourth-order valence-electron chi connectivity index (χ4n) is 5.37. The number of carboxylic acid groups (broad SMARTS) is 4. The Morgan fingerprint density at radius 3 is 1.57 bits per heavy atom. The summed E-state index contributed by atoms with van der Waals surface area (Å²) in [6.45, 7) is -2.01. The molecule has 20 nitrogen and oxygen atoms in total. The highest BCUT2D eigenvalue weighted by molar-refractivity contribution is 5.73. The summed E-state index contributed by atoms with van der Waals surface area (Å²) in [4.78, 5) is 69.3. The number of carboxylic acids is 4. The quantitative estimate of drug-likeness (QED) is 0.0752. The van der Waals surface area contributed by atoms with Crippen molar-refractivity contribution in [1.29, 1.82) is 0 Å². The molecule has 0 bridgehead atoms. The average molecular weight is 709 g/mol. The van der Waals surface area contributed by atoms with E-state index in [1.807, 2.05) is 0 Å². The Labute approximate surface area is 287 Å². The van der Waals surface area contributed by atoms with E-state index in [1.165, 1.54) is 73.9 Å². The largest absolute Gasteiger partial charge is 0.480 e. The highest BCUT2D eigenvalue weighted by atomic mass is 16.6. The summed E-state index contributed by atoms with van der Waals surface area (Å²) in [5.74, 6) is -4.88. The van der Waals surface area contributed by atoms with Gasteiger partial charge >= 0.3 is 23.9 Å². The van der Waals surface area contributed by atoms with Crippen molar-refractivity contribution in [3.05, 3.63) is 92.3 Å². The molecule has 0 aliphatic rings. The van der Waals surface area contributed by atoms with E-state index < -0.39 is 59.9 Å². The molecule has 0 amide bonds. The standard InChI is InChI=1S/C31H32N8O12/c40-26(41)16-34(17-27(42)43)9-11-36-15-23(30(33-36)20-1-5-24(6-2-20)38(48)49)13-22-14-32-37(12-10-35(18-28(44)45)19-29(46)47)31(22)21-3-7-25(8-4-21)39(50)51/h1-8,14-15H,9-13,16-19H2,(H,40,41)(H,42,43)(H,44,45)(H,46,47). The van der Waals surface area contributed by atoms with Crippen molar-refractivity contribution in [2.75, 3.05) is 39.3 Å². The molecule has 268 valence electrons. The Kier molecular flexibility index (Phi) is 12.2. The first-order valence-electron chi connectivity index (χ1n) is 15.1. The van der Waals surface area contributed by atoms with Gasteiger partial charge in [-0.2, -0.15) is 10.2 Å². The third kappa shape index (κ3) is 10.5. The number of non-ortho nitro benzene ring substituents is 2. The number of rotatable bonds is 20. The van der Waals surface area contributed by atoms with Gasteiger partial charge in [0.2, 0.25) is 0 Å². The summed E-state index contributed by atoms with van der Waals surface area (Å²) in [6.07, 6.45) is 3.34. The van der Waals surface area contributed by atoms with Gasteiger partial charge < -0.3 is 20.4 Å². The number of hydrogen-bond donors (Lipinski definition) is 4. The molecule has 0 unspecified atom stereocenters. The number of hydrogen-bond acceptors (Lipinski definition) is 12. The van der Waals surface area contributed by atoms with E-state index in [0.29, 0.717) is 33.6 Å². The van der Waals surface area contributed by atoms with E-state index in [0.717, 1.165) is 0 Å². The molecule has 4 aromatic rings. The molecule has 4 rings (SSSR count). The lowest BCUT2D eigenvalue weighted by atomic mass is 9.99. The molecule has 2 aromatic heterocycles. The van der Waals surface area contributed by atoms with Gasteiger partial charge in [-0.05, 0) is 24.3 Å². The van der Waals surface area contributed by atoms with Gasteiger partial charge in [0.1, 0.15) is 0 Å². The molecule has 0 spiro atoms. The van der Waals surface area contributed by atoms with Crippen molar-refractivity contribution >= 4 is 35.3 Å². The minimum atomic E-state index is -1.22. The Morgan fingerprint density at radius 2 is 1.12 bits per heavy atom. The lowest BCUT2D eigenvalue weighted by molar-refractivity contribution is -0.385. The molecule has 20 heteroatoms. The second-order valence-electron chi connectivity index (χ2n) is 11.3. The smallest absolute Gasteiger partial charge is 0.317 e. The van der Waals surface area contributed by atoms with Crippen molar-refractivity contribution in [3.63, 3.8) is 0 Å². The lowest BCUT2D eigenvalue weighted by Crippen LogP contribution is -2.36. The fraction of sp³-hybridized carbons (Fsp3) is 0.290. The highest BCUT2D eigenvalue weighted by Crippen LogP contribution is 2.31. The second-order valence-corrected chi connectivity index (χ2v) is 11.3. The van der Waals surface area contributed by atoms with Crippen molar-refractivity contribution in [3.8, 4) is 22.5 Å². The number of benzene rings is 2. The van der Waals surface area contributed by atoms with E-state index in [1.54, 1.807) is 6.20 Å². The number of nitro benzene ring substituents is 2. The van der Waals surface area contributed by atoms with Gasteiger partial charge in [-0.3, -0.25) is 58.6 Å². The normalized spacial score (nSPS) is 11.2. The van der Waals surface area contributed by atoms with Crippen LogP contribution in [0.4, 0.5) is 11.4 Å². The van der Waals surface area contributed by atoms with Crippen molar-refractivity contribution in [2.45, 2.75) is 19.5 Å². The van der Waals surface area contributed by atoms with E-state index in [9.17, 15) is 59.8 Å². The molecule has 2 aromatic carbocycles. The zero-order chi connectivity index (χ0) is 37.2. The highest BCUT2D eigenvalue weighted by Gasteiger charge is 2.22. The first-order chi connectivity index (χ1) is 24.2. The topological polar surface area (TPSA) is 278 Å². The average Bonchev–Trinajstić information content (AvgIpc) is 3.65.